The number of benzene rings is 2. The van der Waals surface area contributed by atoms with Crippen LogP contribution < -0.4 is 9.47 Å². The van der Waals surface area contributed by atoms with E-state index in [0.717, 1.165) is 17.9 Å². The van der Waals surface area contributed by atoms with Crippen molar-refractivity contribution in [2.75, 3.05) is 19.1 Å². The van der Waals surface area contributed by atoms with Gasteiger partial charge in [0.1, 0.15) is 24.2 Å². The number of aliphatic hydroxyl groups excluding tert-OH is 1. The Kier molecular flexibility index (Phi) is 7.77. The highest BCUT2D eigenvalue weighted by Gasteiger charge is 2.23. The number of aromatic nitrogens is 2. The van der Waals surface area contributed by atoms with E-state index in [0.29, 0.717) is 19.0 Å². The molecule has 5 nitrogen and oxygen atoms in total. The summed E-state index contributed by atoms with van der Waals surface area (Å²) in [6.45, 7) is 5.70. The van der Waals surface area contributed by atoms with Crippen molar-refractivity contribution >= 4 is 11.6 Å². The van der Waals surface area contributed by atoms with Gasteiger partial charge in [-0.15, -0.1) is 11.6 Å². The van der Waals surface area contributed by atoms with Crippen molar-refractivity contribution in [3.8, 4) is 11.5 Å². The molecule has 0 aliphatic heterocycles. The van der Waals surface area contributed by atoms with Crippen LogP contribution in [0, 0.1) is 0 Å². The highest BCUT2D eigenvalue weighted by molar-refractivity contribution is 6.17. The highest BCUT2D eigenvalue weighted by Crippen LogP contribution is 2.33. The molecule has 1 N–H and O–H groups in total. The average molecular weight is 429 g/mol. The topological polar surface area (TPSA) is 56.5 Å². The number of aliphatic hydroxyl groups is 1. The van der Waals surface area contributed by atoms with Crippen LogP contribution in [-0.4, -0.2) is 39.9 Å². The summed E-state index contributed by atoms with van der Waals surface area (Å²) in [6, 6.07) is 16.3. The van der Waals surface area contributed by atoms with Crippen molar-refractivity contribution in [2.24, 2.45) is 0 Å². The van der Waals surface area contributed by atoms with E-state index in [4.69, 9.17) is 21.1 Å². The van der Waals surface area contributed by atoms with E-state index in [1.807, 2.05) is 35.0 Å². The molecule has 0 saturated carbocycles. The van der Waals surface area contributed by atoms with E-state index < -0.39 is 6.10 Å². The van der Waals surface area contributed by atoms with Gasteiger partial charge in [-0.25, -0.2) is 4.98 Å². The van der Waals surface area contributed by atoms with Crippen LogP contribution >= 0.6 is 11.6 Å². The first-order valence-electron chi connectivity index (χ1n) is 10.2. The summed E-state index contributed by atoms with van der Waals surface area (Å²) in [4.78, 5) is 3.97. The number of alkyl halides is 1. The lowest BCUT2D eigenvalue weighted by Gasteiger charge is -2.26. The third-order valence-electron chi connectivity index (χ3n) is 5.12. The molecule has 0 amide bonds. The minimum Gasteiger partial charge on any atom is -0.494 e. The first kappa shape index (κ1) is 22.2. The number of imidazole rings is 1. The van der Waals surface area contributed by atoms with Gasteiger partial charge in [-0.1, -0.05) is 38.1 Å². The van der Waals surface area contributed by atoms with Gasteiger partial charge >= 0.3 is 0 Å². The SMILES string of the molecule is CC(C)(c1ccc(OCCCCl)cc1)c1ccc(OCC(O)Cn2ccnc2)cc1. The molecule has 0 fully saturated rings. The molecule has 1 atom stereocenters. The molecule has 0 spiro atoms. The number of nitrogens with zero attached hydrogens (tertiary/aromatic N) is 2. The van der Waals surface area contributed by atoms with Crippen LogP contribution in [0.4, 0.5) is 0 Å². The van der Waals surface area contributed by atoms with Crippen LogP contribution in [0.1, 0.15) is 31.4 Å². The van der Waals surface area contributed by atoms with Crippen LogP contribution in [-0.2, 0) is 12.0 Å². The molecule has 2 aromatic carbocycles. The van der Waals surface area contributed by atoms with Gasteiger partial charge in [0.25, 0.3) is 0 Å². The number of ether oxygens (including phenoxy) is 2. The summed E-state index contributed by atoms with van der Waals surface area (Å²) >= 11 is 5.69. The summed E-state index contributed by atoms with van der Waals surface area (Å²) in [6.07, 6.45) is 5.43. The molecule has 30 heavy (non-hydrogen) atoms. The molecule has 0 bridgehead atoms. The highest BCUT2D eigenvalue weighted by atomic mass is 35.5. The zero-order valence-corrected chi connectivity index (χ0v) is 18.3. The van der Waals surface area contributed by atoms with Crippen molar-refractivity contribution < 1.29 is 14.6 Å². The molecule has 6 heteroatoms. The normalized spacial score (nSPS) is 12.5. The van der Waals surface area contributed by atoms with Gasteiger partial charge in [0.2, 0.25) is 0 Å². The zero-order chi connectivity index (χ0) is 21.4. The molecular weight excluding hydrogens is 400 g/mol. The predicted molar refractivity (Wildman–Crippen MR) is 120 cm³/mol. The largest absolute Gasteiger partial charge is 0.494 e. The molecule has 1 heterocycles. The minimum atomic E-state index is -0.597. The molecule has 3 rings (SSSR count). The second-order valence-corrected chi connectivity index (χ2v) is 8.17. The molecule has 0 aliphatic rings. The molecule has 1 aromatic heterocycles. The third kappa shape index (κ3) is 6.00. The van der Waals surface area contributed by atoms with E-state index in [-0.39, 0.29) is 12.0 Å². The Morgan fingerprint density at radius 2 is 1.60 bits per heavy atom. The lowest BCUT2D eigenvalue weighted by molar-refractivity contribution is 0.0924. The third-order valence-corrected chi connectivity index (χ3v) is 5.39. The lowest BCUT2D eigenvalue weighted by Crippen LogP contribution is -2.23. The van der Waals surface area contributed by atoms with Crippen LogP contribution in [0.25, 0.3) is 0 Å². The summed E-state index contributed by atoms with van der Waals surface area (Å²) in [5.74, 6) is 2.20. The Morgan fingerprint density at radius 1 is 1.00 bits per heavy atom. The van der Waals surface area contributed by atoms with Crippen molar-refractivity contribution in [3.63, 3.8) is 0 Å². The van der Waals surface area contributed by atoms with E-state index in [9.17, 15) is 5.11 Å². The maximum absolute atomic E-state index is 10.1. The van der Waals surface area contributed by atoms with Crippen molar-refractivity contribution in [1.82, 2.24) is 9.55 Å². The van der Waals surface area contributed by atoms with Crippen LogP contribution in [0.15, 0.2) is 67.3 Å². The maximum Gasteiger partial charge on any atom is 0.119 e. The van der Waals surface area contributed by atoms with Gasteiger partial charge in [-0.05, 0) is 41.8 Å². The Hall–Kier alpha value is -2.50. The van der Waals surface area contributed by atoms with Crippen molar-refractivity contribution in [1.29, 1.82) is 0 Å². The fourth-order valence-corrected chi connectivity index (χ4v) is 3.34. The summed E-state index contributed by atoms with van der Waals surface area (Å²) in [5, 5.41) is 10.1. The molecular formula is C24H29ClN2O3. The number of hydrogen-bond donors (Lipinski definition) is 1. The molecule has 0 aliphatic carbocycles. The van der Waals surface area contributed by atoms with Crippen LogP contribution in [0.2, 0.25) is 0 Å². The summed E-state index contributed by atoms with van der Waals surface area (Å²) < 4.78 is 13.3. The minimum absolute atomic E-state index is 0.159. The second-order valence-electron chi connectivity index (χ2n) is 7.79. The Labute approximate surface area is 183 Å². The zero-order valence-electron chi connectivity index (χ0n) is 17.5. The lowest BCUT2D eigenvalue weighted by atomic mass is 9.78. The van der Waals surface area contributed by atoms with E-state index in [2.05, 4.69) is 43.1 Å². The van der Waals surface area contributed by atoms with E-state index >= 15 is 0 Å². The van der Waals surface area contributed by atoms with Gasteiger partial charge in [0.15, 0.2) is 0 Å². The maximum atomic E-state index is 10.1. The molecule has 160 valence electrons. The Balaban J connectivity index is 1.57. The standard InChI is InChI=1S/C24H29ClN2O3/c1-24(2,19-4-8-22(9-5-19)29-15-3-12-25)20-6-10-23(11-7-20)30-17-21(28)16-27-14-13-26-18-27/h4-11,13-14,18,21,28H,3,12,15-17H2,1-2H3. The van der Waals surface area contributed by atoms with Crippen LogP contribution in [0.5, 0.6) is 11.5 Å². The molecule has 3 aromatic rings. The number of rotatable bonds is 11. The monoisotopic (exact) mass is 428 g/mol. The second kappa shape index (κ2) is 10.5. The molecule has 1 unspecified atom stereocenters. The van der Waals surface area contributed by atoms with Gasteiger partial charge in [-0.3, -0.25) is 0 Å². The predicted octanol–water partition coefficient (Wildman–Crippen LogP) is 4.66. The van der Waals surface area contributed by atoms with E-state index in [1.54, 1.807) is 12.5 Å². The first-order chi connectivity index (χ1) is 14.5. The first-order valence-corrected chi connectivity index (χ1v) is 10.7. The van der Waals surface area contributed by atoms with Crippen molar-refractivity contribution in [3.05, 3.63) is 78.4 Å². The quantitative estimate of drug-likeness (QED) is 0.356. The van der Waals surface area contributed by atoms with E-state index in [1.165, 1.54) is 11.1 Å². The van der Waals surface area contributed by atoms with Crippen LogP contribution in [0.3, 0.4) is 0 Å². The van der Waals surface area contributed by atoms with Crippen molar-refractivity contribution in [2.45, 2.75) is 38.3 Å². The Bertz CT molecular complexity index is 878. The summed E-state index contributed by atoms with van der Waals surface area (Å²) in [5.41, 5.74) is 2.23. The summed E-state index contributed by atoms with van der Waals surface area (Å²) in [7, 11) is 0. The fourth-order valence-electron chi connectivity index (χ4n) is 3.23. The van der Waals surface area contributed by atoms with Gasteiger partial charge in [0.05, 0.1) is 19.5 Å². The average Bonchev–Trinajstić information content (AvgIpc) is 3.26. The Morgan fingerprint density at radius 3 is 2.13 bits per heavy atom. The molecule has 0 radical (unpaired) electrons. The number of hydrogen-bond acceptors (Lipinski definition) is 4. The van der Waals surface area contributed by atoms with Gasteiger partial charge < -0.3 is 19.1 Å². The van der Waals surface area contributed by atoms with Gasteiger partial charge in [0, 0.05) is 23.7 Å². The van der Waals surface area contributed by atoms with Gasteiger partial charge in [-0.2, -0.15) is 0 Å². The fraction of sp³-hybridized carbons (Fsp3) is 0.375. The smallest absolute Gasteiger partial charge is 0.119 e. The number of halogens is 1. The molecule has 0 saturated heterocycles.